The summed E-state index contributed by atoms with van der Waals surface area (Å²) in [6, 6.07) is 13.6. The molecule has 0 saturated heterocycles. The van der Waals surface area contributed by atoms with Gasteiger partial charge in [0.05, 0.1) is 23.7 Å². The van der Waals surface area contributed by atoms with Crippen LogP contribution in [0.3, 0.4) is 0 Å². The fraction of sp³-hybridized carbons (Fsp3) is 0.357. The Morgan fingerprint density at radius 1 is 1.18 bits per heavy atom. The summed E-state index contributed by atoms with van der Waals surface area (Å²) in [5.41, 5.74) is 7.94. The maximum absolute atomic E-state index is 14.4. The molecular formula is C28H33ClFN5O2S. The molecule has 202 valence electrons. The fourth-order valence-corrected chi connectivity index (χ4v) is 5.32. The van der Waals surface area contributed by atoms with Crippen LogP contribution in [0.2, 0.25) is 0 Å². The van der Waals surface area contributed by atoms with Crippen molar-refractivity contribution < 1.29 is 23.0 Å². The Hall–Kier alpha value is -3.14. The predicted octanol–water partition coefficient (Wildman–Crippen LogP) is 1.96. The molecule has 0 bridgehead atoms. The van der Waals surface area contributed by atoms with E-state index in [4.69, 9.17) is 10.7 Å². The van der Waals surface area contributed by atoms with Gasteiger partial charge >= 0.3 is 1.43 Å². The van der Waals surface area contributed by atoms with E-state index in [9.17, 15) is 14.0 Å². The Balaban J connectivity index is 0.00000267. The maximum atomic E-state index is 14.4. The van der Waals surface area contributed by atoms with E-state index in [1.165, 1.54) is 17.6 Å². The molecule has 1 amide bonds. The molecule has 1 unspecified atom stereocenters. The number of nitrogens with zero attached hydrogens (tertiary/aromatic N) is 4. The first-order valence-electron chi connectivity index (χ1n) is 12.4. The fourth-order valence-electron chi connectivity index (χ4n) is 4.55. The second-order valence-electron chi connectivity index (χ2n) is 9.59. The summed E-state index contributed by atoms with van der Waals surface area (Å²) >= 11 is 1.18. The number of rotatable bonds is 9. The third-order valence-electron chi connectivity index (χ3n) is 6.49. The Labute approximate surface area is 233 Å². The van der Waals surface area contributed by atoms with Gasteiger partial charge in [0.1, 0.15) is 11.6 Å². The largest absolute Gasteiger partial charge is 1.00 e. The molecule has 4 rings (SSSR count). The van der Waals surface area contributed by atoms with E-state index in [1.54, 1.807) is 35.4 Å². The quantitative estimate of drug-likeness (QED) is 0.339. The molecular weight excluding hydrogens is 525 g/mol. The lowest BCUT2D eigenvalue weighted by Gasteiger charge is -2.35. The second kappa shape index (κ2) is 12.6. The monoisotopic (exact) mass is 557 g/mol. The molecule has 7 nitrogen and oxygen atoms in total. The SMILES string of the molecule is Cc1ccc(C(=O)N(CCCN)C(c2nc3snc(C)c3c(=O)n2Cc2ccccc2)C(C)C)cc1F.[Cl-].[H+]. The van der Waals surface area contributed by atoms with E-state index in [-0.39, 0.29) is 36.8 Å². The summed E-state index contributed by atoms with van der Waals surface area (Å²) < 4.78 is 20.4. The van der Waals surface area contributed by atoms with Crippen LogP contribution in [0.25, 0.3) is 10.2 Å². The lowest BCUT2D eigenvalue weighted by Crippen LogP contribution is -3.00. The Bertz CT molecular complexity index is 1480. The van der Waals surface area contributed by atoms with Crippen molar-refractivity contribution in [1.29, 1.82) is 0 Å². The van der Waals surface area contributed by atoms with Crippen LogP contribution in [0.1, 0.15) is 60.7 Å². The number of aromatic nitrogens is 3. The second-order valence-corrected chi connectivity index (χ2v) is 10.3. The molecule has 0 fully saturated rings. The summed E-state index contributed by atoms with van der Waals surface area (Å²) in [7, 11) is 0. The number of carbonyl (C=O) groups excluding carboxylic acids is 1. The van der Waals surface area contributed by atoms with Gasteiger partial charge in [-0.05, 0) is 67.5 Å². The highest BCUT2D eigenvalue weighted by atomic mass is 35.5. The van der Waals surface area contributed by atoms with Gasteiger partial charge in [-0.3, -0.25) is 14.2 Å². The minimum Gasteiger partial charge on any atom is -1.00 e. The van der Waals surface area contributed by atoms with Crippen molar-refractivity contribution in [3.63, 3.8) is 0 Å². The van der Waals surface area contributed by atoms with Crippen LogP contribution in [0.4, 0.5) is 4.39 Å². The number of aryl methyl sites for hydroxylation is 2. The number of halogens is 2. The first-order valence-corrected chi connectivity index (χ1v) is 13.2. The van der Waals surface area contributed by atoms with Crippen LogP contribution in [-0.2, 0) is 6.54 Å². The summed E-state index contributed by atoms with van der Waals surface area (Å²) in [5, 5.41) is 0.493. The smallest absolute Gasteiger partial charge is 1.00 e. The molecule has 0 spiro atoms. The van der Waals surface area contributed by atoms with Crippen LogP contribution < -0.4 is 23.7 Å². The zero-order valence-corrected chi connectivity index (χ0v) is 23.5. The van der Waals surface area contributed by atoms with Crippen LogP contribution >= 0.6 is 11.5 Å². The molecule has 0 aliphatic rings. The maximum Gasteiger partial charge on any atom is 1.00 e. The van der Waals surface area contributed by atoms with Crippen LogP contribution in [0.5, 0.6) is 0 Å². The molecule has 38 heavy (non-hydrogen) atoms. The molecule has 2 N–H and O–H groups in total. The molecule has 1 atom stereocenters. The van der Waals surface area contributed by atoms with Crippen molar-refractivity contribution in [3.05, 3.63) is 92.9 Å². The van der Waals surface area contributed by atoms with Crippen molar-refractivity contribution in [2.45, 2.75) is 46.7 Å². The van der Waals surface area contributed by atoms with Gasteiger partial charge in [-0.2, -0.15) is 4.37 Å². The van der Waals surface area contributed by atoms with Crippen molar-refractivity contribution in [3.8, 4) is 0 Å². The molecule has 2 aromatic carbocycles. The van der Waals surface area contributed by atoms with Crippen LogP contribution in [0, 0.1) is 25.6 Å². The number of nitrogens with two attached hydrogens (primary N) is 1. The molecule has 0 saturated carbocycles. The van der Waals surface area contributed by atoms with Crippen molar-refractivity contribution in [1.82, 2.24) is 18.8 Å². The van der Waals surface area contributed by atoms with E-state index >= 15 is 0 Å². The number of fused-ring (bicyclic) bond motifs is 1. The topological polar surface area (TPSA) is 94.1 Å². The lowest BCUT2D eigenvalue weighted by molar-refractivity contribution is -0.0000190. The molecule has 0 radical (unpaired) electrons. The highest BCUT2D eigenvalue weighted by Gasteiger charge is 2.33. The summed E-state index contributed by atoms with van der Waals surface area (Å²) in [4.78, 5) is 34.8. The van der Waals surface area contributed by atoms with E-state index in [1.807, 2.05) is 44.2 Å². The molecule has 0 aliphatic heterocycles. The van der Waals surface area contributed by atoms with Crippen LogP contribution in [-0.4, -0.2) is 37.8 Å². The normalized spacial score (nSPS) is 12.0. The first-order chi connectivity index (χ1) is 17.7. The van der Waals surface area contributed by atoms with Gasteiger partial charge in [0.25, 0.3) is 11.5 Å². The summed E-state index contributed by atoms with van der Waals surface area (Å²) in [6.45, 7) is 8.47. The number of hydrogen-bond acceptors (Lipinski definition) is 6. The average Bonchev–Trinajstić information content (AvgIpc) is 3.25. The van der Waals surface area contributed by atoms with E-state index in [0.29, 0.717) is 53.4 Å². The number of benzene rings is 2. The van der Waals surface area contributed by atoms with Gasteiger partial charge in [0.2, 0.25) is 0 Å². The van der Waals surface area contributed by atoms with Gasteiger partial charge in [-0.15, -0.1) is 0 Å². The van der Waals surface area contributed by atoms with Gasteiger partial charge in [-0.25, -0.2) is 9.37 Å². The highest BCUT2D eigenvalue weighted by Crippen LogP contribution is 2.31. The van der Waals surface area contributed by atoms with Gasteiger partial charge < -0.3 is 23.0 Å². The van der Waals surface area contributed by atoms with Crippen LogP contribution in [0.15, 0.2) is 53.3 Å². The Morgan fingerprint density at radius 2 is 1.89 bits per heavy atom. The molecule has 10 heteroatoms. The van der Waals surface area contributed by atoms with Crippen molar-refractivity contribution in [2.24, 2.45) is 11.7 Å². The highest BCUT2D eigenvalue weighted by molar-refractivity contribution is 7.12. The van der Waals surface area contributed by atoms with Gasteiger partial charge in [0.15, 0.2) is 4.83 Å². The summed E-state index contributed by atoms with van der Waals surface area (Å²) in [5.74, 6) is -0.381. The third-order valence-corrected chi connectivity index (χ3v) is 7.33. The average molecular weight is 558 g/mol. The van der Waals surface area contributed by atoms with E-state index in [0.717, 1.165) is 5.56 Å². The first kappa shape index (κ1) is 29.4. The lowest BCUT2D eigenvalue weighted by atomic mass is 9.98. The standard InChI is InChI=1S/C28H32FN5O2S.ClH/c1-17(2)24(33(14-8-13-30)27(35)21-12-11-18(3)22(29)15-21)25-31-26-23(19(4)32-37-26)28(36)34(25)16-20-9-6-5-7-10-20;/h5-7,9-12,15,17,24H,8,13-14,16,30H2,1-4H3;1H. The molecule has 2 aromatic heterocycles. The van der Waals surface area contributed by atoms with Gasteiger partial charge in [-0.1, -0.05) is 50.2 Å². The minimum atomic E-state index is -0.549. The molecule has 0 aliphatic carbocycles. The minimum absolute atomic E-state index is 0. The zero-order valence-electron chi connectivity index (χ0n) is 22.9. The van der Waals surface area contributed by atoms with E-state index in [2.05, 4.69) is 4.37 Å². The van der Waals surface area contributed by atoms with Crippen molar-refractivity contribution >= 4 is 27.7 Å². The predicted molar refractivity (Wildman–Crippen MR) is 146 cm³/mol. The number of amides is 1. The van der Waals surface area contributed by atoms with E-state index < -0.39 is 11.9 Å². The molecule has 4 aromatic rings. The third kappa shape index (κ3) is 5.95. The molecule has 2 heterocycles. The van der Waals surface area contributed by atoms with Crippen molar-refractivity contribution in [2.75, 3.05) is 13.1 Å². The summed E-state index contributed by atoms with van der Waals surface area (Å²) in [6.07, 6.45) is 0.550. The van der Waals surface area contributed by atoms with Gasteiger partial charge in [0, 0.05) is 12.1 Å². The Morgan fingerprint density at radius 3 is 2.53 bits per heavy atom. The Kier molecular flexibility index (Phi) is 9.76. The number of hydrogen-bond donors (Lipinski definition) is 1. The zero-order chi connectivity index (χ0) is 26.7. The number of carbonyl (C=O) groups is 1.